The van der Waals surface area contributed by atoms with Crippen molar-refractivity contribution in [3.05, 3.63) is 36.5 Å². The first kappa shape index (κ1) is 10.2. The molecule has 0 amide bonds. The summed E-state index contributed by atoms with van der Waals surface area (Å²) in [5.74, 6) is -2.51. The van der Waals surface area contributed by atoms with Crippen LogP contribution in [0, 0.1) is 0 Å². The molecule has 1 aliphatic rings. The summed E-state index contributed by atoms with van der Waals surface area (Å²) in [4.78, 5) is 0. The third-order valence-electron chi connectivity index (χ3n) is 2.43. The first-order chi connectivity index (χ1) is 6.09. The minimum Gasteiger partial charge on any atom is -0.207 e. The van der Waals surface area contributed by atoms with Gasteiger partial charge < -0.3 is 0 Å². The van der Waals surface area contributed by atoms with Crippen molar-refractivity contribution in [2.75, 3.05) is 0 Å². The number of alkyl halides is 2. The van der Waals surface area contributed by atoms with Crippen LogP contribution in [0.4, 0.5) is 8.78 Å². The Kier molecular flexibility index (Phi) is 3.02. The van der Waals surface area contributed by atoms with Gasteiger partial charge in [-0.3, -0.25) is 0 Å². The Morgan fingerprint density at radius 2 is 1.38 bits per heavy atom. The third kappa shape index (κ3) is 2.51. The van der Waals surface area contributed by atoms with Crippen molar-refractivity contribution in [1.29, 1.82) is 0 Å². The van der Waals surface area contributed by atoms with E-state index in [1.54, 1.807) is 12.2 Å². The standard InChI is InChI=1S/C11H14F2/c1-3-9-5-7-11(12,13)8-6-10(9)4-2/h3-4H,1-2,5-8H2. The molecule has 0 aromatic heterocycles. The monoisotopic (exact) mass is 184 g/mol. The Morgan fingerprint density at radius 1 is 1.00 bits per heavy atom. The van der Waals surface area contributed by atoms with E-state index in [1.807, 2.05) is 0 Å². The van der Waals surface area contributed by atoms with Gasteiger partial charge in [-0.1, -0.05) is 25.3 Å². The number of rotatable bonds is 2. The molecule has 0 saturated carbocycles. The Hall–Kier alpha value is -0.920. The van der Waals surface area contributed by atoms with Crippen molar-refractivity contribution in [1.82, 2.24) is 0 Å². The lowest BCUT2D eigenvalue weighted by atomic mass is 10.0. The molecule has 1 aliphatic carbocycles. The van der Waals surface area contributed by atoms with E-state index in [0.29, 0.717) is 12.8 Å². The highest BCUT2D eigenvalue weighted by atomic mass is 19.3. The van der Waals surface area contributed by atoms with Crippen LogP contribution in [-0.2, 0) is 0 Å². The van der Waals surface area contributed by atoms with Crippen molar-refractivity contribution in [3.63, 3.8) is 0 Å². The van der Waals surface area contributed by atoms with E-state index in [-0.39, 0.29) is 12.8 Å². The van der Waals surface area contributed by atoms with Gasteiger partial charge in [0.25, 0.3) is 0 Å². The second-order valence-electron chi connectivity index (χ2n) is 3.31. The summed E-state index contributed by atoms with van der Waals surface area (Å²) in [7, 11) is 0. The van der Waals surface area contributed by atoms with Crippen molar-refractivity contribution < 1.29 is 8.78 Å². The van der Waals surface area contributed by atoms with Gasteiger partial charge >= 0.3 is 0 Å². The lowest BCUT2D eigenvalue weighted by Crippen LogP contribution is -2.13. The summed E-state index contributed by atoms with van der Waals surface area (Å²) in [6.07, 6.45) is 4.03. The minimum atomic E-state index is -2.51. The lowest BCUT2D eigenvalue weighted by molar-refractivity contribution is -0.0129. The quantitative estimate of drug-likeness (QED) is 0.611. The second kappa shape index (κ2) is 3.86. The molecular weight excluding hydrogens is 170 g/mol. The van der Waals surface area contributed by atoms with Crippen LogP contribution in [0.15, 0.2) is 36.5 Å². The molecule has 0 aromatic rings. The van der Waals surface area contributed by atoms with Crippen molar-refractivity contribution in [2.45, 2.75) is 31.6 Å². The van der Waals surface area contributed by atoms with Crippen molar-refractivity contribution >= 4 is 0 Å². The highest BCUT2D eigenvalue weighted by Gasteiger charge is 2.30. The van der Waals surface area contributed by atoms with Crippen molar-refractivity contribution in [2.24, 2.45) is 0 Å². The van der Waals surface area contributed by atoms with Gasteiger partial charge in [-0.25, -0.2) is 8.78 Å². The van der Waals surface area contributed by atoms with E-state index in [1.165, 1.54) is 0 Å². The third-order valence-corrected chi connectivity index (χ3v) is 2.43. The average molecular weight is 184 g/mol. The molecule has 0 unspecified atom stereocenters. The van der Waals surface area contributed by atoms with Crippen LogP contribution in [0.1, 0.15) is 25.7 Å². The molecule has 2 heteroatoms. The average Bonchev–Trinajstić information content (AvgIpc) is 2.23. The van der Waals surface area contributed by atoms with Gasteiger partial charge in [-0.2, -0.15) is 0 Å². The highest BCUT2D eigenvalue weighted by molar-refractivity contribution is 5.32. The van der Waals surface area contributed by atoms with Gasteiger partial charge in [0.1, 0.15) is 0 Å². The minimum absolute atomic E-state index is 0.0638. The van der Waals surface area contributed by atoms with Crippen LogP contribution in [0.5, 0.6) is 0 Å². The van der Waals surface area contributed by atoms with Crippen LogP contribution < -0.4 is 0 Å². The summed E-state index contributed by atoms with van der Waals surface area (Å²) >= 11 is 0. The van der Waals surface area contributed by atoms with Gasteiger partial charge in [0.15, 0.2) is 0 Å². The van der Waals surface area contributed by atoms with E-state index in [0.717, 1.165) is 11.1 Å². The van der Waals surface area contributed by atoms with Crippen LogP contribution in [0.2, 0.25) is 0 Å². The molecule has 0 fully saturated rings. The molecular formula is C11H14F2. The SMILES string of the molecule is C=CC1=C(C=C)CCC(F)(F)CC1. The fourth-order valence-electron chi connectivity index (χ4n) is 1.55. The zero-order valence-electron chi connectivity index (χ0n) is 7.65. The molecule has 13 heavy (non-hydrogen) atoms. The molecule has 0 atom stereocenters. The maximum atomic E-state index is 13.0. The highest BCUT2D eigenvalue weighted by Crippen LogP contribution is 2.35. The predicted octanol–water partition coefficient (Wildman–Crippen LogP) is 3.86. The Labute approximate surface area is 77.6 Å². The second-order valence-corrected chi connectivity index (χ2v) is 3.31. The van der Waals surface area contributed by atoms with E-state index < -0.39 is 5.92 Å². The summed E-state index contributed by atoms with van der Waals surface area (Å²) in [6, 6.07) is 0. The maximum absolute atomic E-state index is 13.0. The fraction of sp³-hybridized carbons (Fsp3) is 0.455. The number of halogens is 2. The van der Waals surface area contributed by atoms with Crippen LogP contribution in [0.3, 0.4) is 0 Å². The topological polar surface area (TPSA) is 0 Å². The molecule has 0 aromatic carbocycles. The zero-order chi connectivity index (χ0) is 9.90. The number of hydrogen-bond acceptors (Lipinski definition) is 0. The van der Waals surface area contributed by atoms with Gasteiger partial charge in [0.05, 0.1) is 0 Å². The molecule has 0 N–H and O–H groups in total. The first-order valence-electron chi connectivity index (χ1n) is 4.44. The van der Waals surface area contributed by atoms with E-state index >= 15 is 0 Å². The molecule has 0 aliphatic heterocycles. The predicted molar refractivity (Wildman–Crippen MR) is 50.8 cm³/mol. The summed E-state index contributed by atoms with van der Waals surface area (Å²) in [5.41, 5.74) is 1.85. The molecule has 0 nitrogen and oxygen atoms in total. The molecule has 0 saturated heterocycles. The summed E-state index contributed by atoms with van der Waals surface area (Å²) in [5, 5.41) is 0. The molecule has 0 spiro atoms. The van der Waals surface area contributed by atoms with Gasteiger partial charge in [0.2, 0.25) is 5.92 Å². The molecule has 1 rings (SSSR count). The smallest absolute Gasteiger partial charge is 0.207 e. The zero-order valence-corrected chi connectivity index (χ0v) is 7.65. The number of allylic oxidation sites excluding steroid dienone is 4. The van der Waals surface area contributed by atoms with E-state index in [2.05, 4.69) is 13.2 Å². The Balaban J connectivity index is 2.83. The van der Waals surface area contributed by atoms with Crippen LogP contribution >= 0.6 is 0 Å². The van der Waals surface area contributed by atoms with E-state index in [9.17, 15) is 8.78 Å². The van der Waals surface area contributed by atoms with Gasteiger partial charge in [-0.15, -0.1) is 0 Å². The van der Waals surface area contributed by atoms with Crippen molar-refractivity contribution in [3.8, 4) is 0 Å². The molecule has 0 heterocycles. The molecule has 72 valence electrons. The molecule has 0 bridgehead atoms. The maximum Gasteiger partial charge on any atom is 0.248 e. The Bertz CT molecular complexity index is 225. The summed E-state index contributed by atoms with van der Waals surface area (Å²) in [6.45, 7) is 7.24. The lowest BCUT2D eigenvalue weighted by Gasteiger charge is -2.11. The van der Waals surface area contributed by atoms with Gasteiger partial charge in [0, 0.05) is 12.8 Å². The summed E-state index contributed by atoms with van der Waals surface area (Å²) < 4.78 is 26.0. The van der Waals surface area contributed by atoms with Gasteiger partial charge in [-0.05, 0) is 24.0 Å². The largest absolute Gasteiger partial charge is 0.248 e. The number of hydrogen-bond donors (Lipinski definition) is 0. The fourth-order valence-corrected chi connectivity index (χ4v) is 1.55. The Morgan fingerprint density at radius 3 is 1.69 bits per heavy atom. The van der Waals surface area contributed by atoms with E-state index in [4.69, 9.17) is 0 Å². The normalized spacial score (nSPS) is 22.3. The van der Waals surface area contributed by atoms with Crippen LogP contribution in [0.25, 0.3) is 0 Å². The van der Waals surface area contributed by atoms with Crippen LogP contribution in [-0.4, -0.2) is 5.92 Å². The first-order valence-corrected chi connectivity index (χ1v) is 4.44. The molecule has 0 radical (unpaired) electrons.